The van der Waals surface area contributed by atoms with E-state index in [9.17, 15) is 9.90 Å². The molecule has 0 heterocycles. The average molecular weight is 241 g/mol. The van der Waals surface area contributed by atoms with Gasteiger partial charge in [0.2, 0.25) is 0 Å². The highest BCUT2D eigenvalue weighted by Gasteiger charge is 2.11. The van der Waals surface area contributed by atoms with Crippen molar-refractivity contribution < 1.29 is 9.90 Å². The third-order valence-electron chi connectivity index (χ3n) is 2.78. The number of benzene rings is 2. The van der Waals surface area contributed by atoms with Crippen LogP contribution in [0.25, 0.3) is 0 Å². The van der Waals surface area contributed by atoms with Crippen LogP contribution in [0.1, 0.15) is 15.9 Å². The van der Waals surface area contributed by atoms with E-state index in [2.05, 4.69) is 5.32 Å². The molecule has 92 valence electrons. The predicted molar refractivity (Wildman–Crippen MR) is 72.1 cm³/mol. The summed E-state index contributed by atoms with van der Waals surface area (Å²) in [6, 6.07) is 14.3. The number of carbonyl (C=O) groups is 1. The molecule has 3 nitrogen and oxygen atoms in total. The SMILES string of the molecule is CNc1cc(O)ccc1C(=O)Cc1ccccc1. The van der Waals surface area contributed by atoms with Crippen LogP contribution in [0.5, 0.6) is 5.75 Å². The number of Topliss-reactive ketones (excluding diaryl/α,β-unsaturated/α-hetero) is 1. The van der Waals surface area contributed by atoms with Crippen molar-refractivity contribution in [3.05, 3.63) is 59.7 Å². The van der Waals surface area contributed by atoms with Gasteiger partial charge in [-0.15, -0.1) is 0 Å². The van der Waals surface area contributed by atoms with E-state index in [-0.39, 0.29) is 11.5 Å². The Hall–Kier alpha value is -2.29. The molecule has 0 aliphatic heterocycles. The molecule has 0 atom stereocenters. The molecule has 0 aromatic heterocycles. The molecule has 2 N–H and O–H groups in total. The van der Waals surface area contributed by atoms with Gasteiger partial charge in [-0.3, -0.25) is 4.79 Å². The number of phenols is 1. The number of hydrogen-bond donors (Lipinski definition) is 2. The van der Waals surface area contributed by atoms with Gasteiger partial charge in [0.05, 0.1) is 0 Å². The van der Waals surface area contributed by atoms with Crippen LogP contribution in [-0.4, -0.2) is 17.9 Å². The Balaban J connectivity index is 2.24. The summed E-state index contributed by atoms with van der Waals surface area (Å²) in [5.74, 6) is 0.182. The van der Waals surface area contributed by atoms with Gasteiger partial charge < -0.3 is 10.4 Å². The van der Waals surface area contributed by atoms with Crippen LogP contribution >= 0.6 is 0 Å². The summed E-state index contributed by atoms with van der Waals surface area (Å²) in [7, 11) is 1.73. The van der Waals surface area contributed by atoms with Crippen molar-refractivity contribution in [1.29, 1.82) is 0 Å². The van der Waals surface area contributed by atoms with Crippen molar-refractivity contribution in [2.75, 3.05) is 12.4 Å². The number of ketones is 1. The number of carbonyl (C=O) groups excluding carboxylic acids is 1. The zero-order valence-electron chi connectivity index (χ0n) is 10.2. The first kappa shape index (κ1) is 12.2. The van der Waals surface area contributed by atoms with Crippen molar-refractivity contribution in [2.24, 2.45) is 0 Å². The number of anilines is 1. The summed E-state index contributed by atoms with van der Waals surface area (Å²) in [6.45, 7) is 0. The molecule has 3 heteroatoms. The topological polar surface area (TPSA) is 49.3 Å². The minimum Gasteiger partial charge on any atom is -0.508 e. The van der Waals surface area contributed by atoms with Crippen molar-refractivity contribution in [1.82, 2.24) is 0 Å². The van der Waals surface area contributed by atoms with Gasteiger partial charge in [0, 0.05) is 30.8 Å². The van der Waals surface area contributed by atoms with Crippen LogP contribution < -0.4 is 5.32 Å². The maximum Gasteiger partial charge on any atom is 0.169 e. The highest BCUT2D eigenvalue weighted by molar-refractivity contribution is 6.02. The molecule has 18 heavy (non-hydrogen) atoms. The second-order valence-electron chi connectivity index (χ2n) is 4.07. The van der Waals surface area contributed by atoms with Crippen molar-refractivity contribution >= 4 is 11.5 Å². The fraction of sp³-hybridized carbons (Fsp3) is 0.133. The Morgan fingerprint density at radius 1 is 1.17 bits per heavy atom. The molecule has 0 radical (unpaired) electrons. The lowest BCUT2D eigenvalue weighted by molar-refractivity contribution is 0.0994. The number of phenolic OH excluding ortho intramolecular Hbond substituents is 1. The summed E-state index contributed by atoms with van der Waals surface area (Å²) in [5.41, 5.74) is 2.23. The largest absolute Gasteiger partial charge is 0.508 e. The quantitative estimate of drug-likeness (QED) is 0.809. The maximum atomic E-state index is 12.2. The molecule has 0 unspecified atom stereocenters. The van der Waals surface area contributed by atoms with Crippen molar-refractivity contribution in [2.45, 2.75) is 6.42 Å². The van der Waals surface area contributed by atoms with E-state index in [0.29, 0.717) is 17.7 Å². The molecule has 0 fully saturated rings. The number of nitrogens with one attached hydrogen (secondary N) is 1. The highest BCUT2D eigenvalue weighted by atomic mass is 16.3. The van der Waals surface area contributed by atoms with Crippen molar-refractivity contribution in [3.8, 4) is 5.75 Å². The molecule has 0 aliphatic carbocycles. The predicted octanol–water partition coefficient (Wildman–Crippen LogP) is 2.86. The van der Waals surface area contributed by atoms with Crippen LogP contribution in [0.4, 0.5) is 5.69 Å². The molecule has 0 amide bonds. The molecule has 0 saturated heterocycles. The summed E-state index contributed by atoms with van der Waals surface area (Å²) >= 11 is 0. The number of aromatic hydroxyl groups is 1. The minimum atomic E-state index is 0.0329. The van der Waals surface area contributed by atoms with Crippen LogP contribution in [-0.2, 0) is 6.42 Å². The lowest BCUT2D eigenvalue weighted by atomic mass is 10.0. The molecule has 0 spiro atoms. The van der Waals surface area contributed by atoms with Gasteiger partial charge in [-0.2, -0.15) is 0 Å². The fourth-order valence-corrected chi connectivity index (χ4v) is 1.86. The normalized spacial score (nSPS) is 10.1. The molecule has 0 aliphatic rings. The van der Waals surface area contributed by atoms with E-state index in [4.69, 9.17) is 0 Å². The number of hydrogen-bond acceptors (Lipinski definition) is 3. The second-order valence-corrected chi connectivity index (χ2v) is 4.07. The molecule has 2 aromatic rings. The Bertz CT molecular complexity index is 550. The lowest BCUT2D eigenvalue weighted by Crippen LogP contribution is -2.06. The van der Waals surface area contributed by atoms with Crippen molar-refractivity contribution in [3.63, 3.8) is 0 Å². The third kappa shape index (κ3) is 2.69. The van der Waals surface area contributed by atoms with Crippen LogP contribution in [0, 0.1) is 0 Å². The van der Waals surface area contributed by atoms with E-state index >= 15 is 0 Å². The fourth-order valence-electron chi connectivity index (χ4n) is 1.86. The molecule has 0 saturated carbocycles. The lowest BCUT2D eigenvalue weighted by Gasteiger charge is -2.08. The Morgan fingerprint density at radius 3 is 2.56 bits per heavy atom. The Morgan fingerprint density at radius 2 is 1.89 bits per heavy atom. The maximum absolute atomic E-state index is 12.2. The van der Waals surface area contributed by atoms with E-state index in [0.717, 1.165) is 5.56 Å². The summed E-state index contributed by atoms with van der Waals surface area (Å²) in [6.07, 6.45) is 0.361. The third-order valence-corrected chi connectivity index (χ3v) is 2.78. The first-order valence-electron chi connectivity index (χ1n) is 5.78. The van der Waals surface area contributed by atoms with Gasteiger partial charge in [-0.1, -0.05) is 30.3 Å². The summed E-state index contributed by atoms with van der Waals surface area (Å²) in [4.78, 5) is 12.2. The first-order chi connectivity index (χ1) is 8.70. The van der Waals surface area contributed by atoms with Gasteiger partial charge in [0.25, 0.3) is 0 Å². The minimum absolute atomic E-state index is 0.0329. The van der Waals surface area contributed by atoms with E-state index in [1.807, 2.05) is 30.3 Å². The Labute approximate surface area is 106 Å². The molecule has 2 rings (SSSR count). The second kappa shape index (κ2) is 5.36. The highest BCUT2D eigenvalue weighted by Crippen LogP contribution is 2.22. The van der Waals surface area contributed by atoms with E-state index < -0.39 is 0 Å². The van der Waals surface area contributed by atoms with Crippen LogP contribution in [0.3, 0.4) is 0 Å². The summed E-state index contributed by atoms with van der Waals surface area (Å²) < 4.78 is 0. The molecule has 2 aromatic carbocycles. The van der Waals surface area contributed by atoms with Crippen LogP contribution in [0.15, 0.2) is 48.5 Å². The number of rotatable bonds is 4. The van der Waals surface area contributed by atoms with Crippen LogP contribution in [0.2, 0.25) is 0 Å². The Kier molecular flexibility index (Phi) is 3.63. The van der Waals surface area contributed by atoms with Gasteiger partial charge in [-0.05, 0) is 17.7 Å². The molecular formula is C15H15NO2. The first-order valence-corrected chi connectivity index (χ1v) is 5.78. The average Bonchev–Trinajstić information content (AvgIpc) is 2.39. The molecule has 0 bridgehead atoms. The summed E-state index contributed by atoms with van der Waals surface area (Å²) in [5, 5.41) is 12.3. The monoisotopic (exact) mass is 241 g/mol. The standard InChI is InChI=1S/C15H15NO2/c1-16-14-10-12(17)7-8-13(14)15(18)9-11-5-3-2-4-6-11/h2-8,10,16-17H,9H2,1H3. The van der Waals surface area contributed by atoms with E-state index in [1.54, 1.807) is 19.2 Å². The van der Waals surface area contributed by atoms with Gasteiger partial charge in [-0.25, -0.2) is 0 Å². The van der Waals surface area contributed by atoms with Gasteiger partial charge in [0.1, 0.15) is 5.75 Å². The smallest absolute Gasteiger partial charge is 0.169 e. The van der Waals surface area contributed by atoms with Gasteiger partial charge in [0.15, 0.2) is 5.78 Å². The van der Waals surface area contributed by atoms with E-state index in [1.165, 1.54) is 6.07 Å². The molecular weight excluding hydrogens is 226 g/mol. The van der Waals surface area contributed by atoms with Gasteiger partial charge >= 0.3 is 0 Å². The zero-order chi connectivity index (χ0) is 13.0. The zero-order valence-corrected chi connectivity index (χ0v) is 10.2.